The topological polar surface area (TPSA) is 56.3 Å². The van der Waals surface area contributed by atoms with E-state index in [1.54, 1.807) is 0 Å². The summed E-state index contributed by atoms with van der Waals surface area (Å²) in [5.74, 6) is -0.944. The lowest BCUT2D eigenvalue weighted by molar-refractivity contribution is 0.198. The van der Waals surface area contributed by atoms with Crippen LogP contribution in [0.4, 0.5) is 4.39 Å². The van der Waals surface area contributed by atoms with Gasteiger partial charge in [0.05, 0.1) is 23.3 Å². The van der Waals surface area contributed by atoms with Crippen LogP contribution < -0.4 is 0 Å². The van der Waals surface area contributed by atoms with Crippen molar-refractivity contribution in [1.29, 1.82) is 0 Å². The fourth-order valence-corrected chi connectivity index (χ4v) is 3.81. The number of hydrogen-bond donors (Lipinski definition) is 0. The highest BCUT2D eigenvalue weighted by molar-refractivity contribution is 9.10. The van der Waals surface area contributed by atoms with Crippen molar-refractivity contribution in [3.63, 3.8) is 0 Å². The number of sulfone groups is 1. The third kappa shape index (κ3) is 3.02. The summed E-state index contributed by atoms with van der Waals surface area (Å²) in [6.45, 7) is 0.677. The van der Waals surface area contributed by atoms with Crippen molar-refractivity contribution in [2.75, 3.05) is 13.2 Å². The number of ether oxygens (including phenoxy) is 1. The van der Waals surface area contributed by atoms with Crippen LogP contribution in [0.3, 0.4) is 0 Å². The normalized spacial score (nSPS) is 20.7. The molecule has 2 rings (SSSR count). The molecule has 7 heteroatoms. The lowest BCUT2D eigenvalue weighted by Gasteiger charge is -2.10. The third-order valence-corrected chi connectivity index (χ3v) is 5.40. The Balaban J connectivity index is 2.22. The number of rotatable bonds is 3. The summed E-state index contributed by atoms with van der Waals surface area (Å²) in [6, 6.07) is 2.64. The zero-order valence-electron chi connectivity index (χ0n) is 8.90. The number of halogens is 2. The van der Waals surface area contributed by atoms with Gasteiger partial charge in [-0.3, -0.25) is 0 Å². The van der Waals surface area contributed by atoms with Crippen LogP contribution in [0, 0.1) is 5.95 Å². The minimum atomic E-state index is -3.34. The second kappa shape index (κ2) is 4.99. The molecule has 0 aromatic carbocycles. The van der Waals surface area contributed by atoms with Crippen molar-refractivity contribution >= 4 is 25.8 Å². The van der Waals surface area contributed by atoms with Gasteiger partial charge in [-0.2, -0.15) is 4.39 Å². The smallest absolute Gasteiger partial charge is 0.213 e. The number of aromatic nitrogens is 1. The maximum atomic E-state index is 12.9. The van der Waals surface area contributed by atoms with Crippen LogP contribution in [0.5, 0.6) is 0 Å². The summed E-state index contributed by atoms with van der Waals surface area (Å²) in [6.07, 6.45) is 0.495. The van der Waals surface area contributed by atoms with Crippen LogP contribution in [-0.4, -0.2) is 31.9 Å². The Kier molecular flexibility index (Phi) is 3.79. The van der Waals surface area contributed by atoms with Gasteiger partial charge in [-0.1, -0.05) is 0 Å². The molecule has 94 valence electrons. The quantitative estimate of drug-likeness (QED) is 0.794. The SMILES string of the molecule is O=S(=O)(Cc1nc(F)ccc1Br)C1CCOC1. The van der Waals surface area contributed by atoms with Crippen LogP contribution in [-0.2, 0) is 20.3 Å². The first-order valence-corrected chi connectivity index (χ1v) is 7.60. The lowest BCUT2D eigenvalue weighted by Crippen LogP contribution is -2.23. The van der Waals surface area contributed by atoms with E-state index >= 15 is 0 Å². The molecule has 1 saturated heterocycles. The van der Waals surface area contributed by atoms with E-state index in [1.165, 1.54) is 12.1 Å². The van der Waals surface area contributed by atoms with E-state index in [2.05, 4.69) is 20.9 Å². The van der Waals surface area contributed by atoms with Crippen LogP contribution >= 0.6 is 15.9 Å². The van der Waals surface area contributed by atoms with Crippen molar-refractivity contribution < 1.29 is 17.5 Å². The summed E-state index contributed by atoms with van der Waals surface area (Å²) in [7, 11) is -3.34. The predicted octanol–water partition coefficient (Wildman–Crippen LogP) is 1.69. The van der Waals surface area contributed by atoms with Gasteiger partial charge < -0.3 is 4.74 Å². The van der Waals surface area contributed by atoms with Gasteiger partial charge in [0.2, 0.25) is 5.95 Å². The summed E-state index contributed by atoms with van der Waals surface area (Å²) in [5.41, 5.74) is 0.205. The van der Waals surface area contributed by atoms with Gasteiger partial charge in [0.15, 0.2) is 9.84 Å². The standard InChI is InChI=1S/C10H11BrFNO3S/c11-8-1-2-10(12)13-9(8)6-17(14,15)7-3-4-16-5-7/h1-2,7H,3-6H2. The molecule has 2 heterocycles. The molecule has 1 aliphatic heterocycles. The van der Waals surface area contributed by atoms with Crippen molar-refractivity contribution in [1.82, 2.24) is 4.98 Å². The Bertz CT molecular complexity index is 514. The monoisotopic (exact) mass is 323 g/mol. The van der Waals surface area contributed by atoms with Gasteiger partial charge in [0.25, 0.3) is 0 Å². The fourth-order valence-electron chi connectivity index (χ4n) is 1.66. The molecule has 0 bridgehead atoms. The molecule has 1 aliphatic rings. The minimum absolute atomic E-state index is 0.205. The molecule has 0 aliphatic carbocycles. The molecule has 1 atom stereocenters. The van der Waals surface area contributed by atoms with E-state index < -0.39 is 21.0 Å². The molecule has 0 amide bonds. The van der Waals surface area contributed by atoms with Crippen molar-refractivity contribution in [2.45, 2.75) is 17.4 Å². The van der Waals surface area contributed by atoms with Gasteiger partial charge in [0.1, 0.15) is 0 Å². The zero-order chi connectivity index (χ0) is 12.5. The third-order valence-electron chi connectivity index (χ3n) is 2.62. The molecule has 1 unspecified atom stereocenters. The molecule has 0 saturated carbocycles. The highest BCUT2D eigenvalue weighted by atomic mass is 79.9. The molecule has 4 nitrogen and oxygen atoms in total. The molecule has 17 heavy (non-hydrogen) atoms. The summed E-state index contributed by atoms with van der Waals surface area (Å²) in [4.78, 5) is 3.60. The largest absolute Gasteiger partial charge is 0.380 e. The van der Waals surface area contributed by atoms with E-state index in [-0.39, 0.29) is 18.1 Å². The first kappa shape index (κ1) is 12.9. The number of pyridine rings is 1. The highest BCUT2D eigenvalue weighted by Gasteiger charge is 2.30. The molecule has 1 aromatic rings. The molecule has 0 spiro atoms. The second-order valence-corrected chi connectivity index (χ2v) is 6.99. The van der Waals surface area contributed by atoms with Crippen LogP contribution in [0.25, 0.3) is 0 Å². The molecular formula is C10H11BrFNO3S. The first-order valence-electron chi connectivity index (χ1n) is 5.09. The fraction of sp³-hybridized carbons (Fsp3) is 0.500. The van der Waals surface area contributed by atoms with Crippen molar-refractivity contribution in [3.8, 4) is 0 Å². The molecular weight excluding hydrogens is 313 g/mol. The van der Waals surface area contributed by atoms with Crippen LogP contribution in [0.15, 0.2) is 16.6 Å². The van der Waals surface area contributed by atoms with Crippen LogP contribution in [0.1, 0.15) is 12.1 Å². The Morgan fingerprint density at radius 3 is 2.94 bits per heavy atom. The average molecular weight is 324 g/mol. The average Bonchev–Trinajstić information content (AvgIpc) is 2.77. The number of hydrogen-bond acceptors (Lipinski definition) is 4. The summed E-state index contributed by atoms with van der Waals surface area (Å²) in [5, 5.41) is -0.500. The molecule has 1 aromatic heterocycles. The molecule has 1 fully saturated rings. The predicted molar refractivity (Wildman–Crippen MR) is 63.7 cm³/mol. The Labute approximate surface area is 107 Å². The summed E-state index contributed by atoms with van der Waals surface area (Å²) < 4.78 is 42.5. The van der Waals surface area contributed by atoms with E-state index in [0.29, 0.717) is 17.5 Å². The van der Waals surface area contributed by atoms with Gasteiger partial charge in [0, 0.05) is 11.1 Å². The maximum Gasteiger partial charge on any atom is 0.213 e. The van der Waals surface area contributed by atoms with Crippen molar-refractivity contribution in [3.05, 3.63) is 28.2 Å². The maximum absolute atomic E-state index is 12.9. The zero-order valence-corrected chi connectivity index (χ0v) is 11.3. The van der Waals surface area contributed by atoms with Gasteiger partial charge in [-0.25, -0.2) is 13.4 Å². The van der Waals surface area contributed by atoms with E-state index in [4.69, 9.17) is 4.74 Å². The van der Waals surface area contributed by atoms with E-state index in [9.17, 15) is 12.8 Å². The molecule has 0 radical (unpaired) electrons. The van der Waals surface area contributed by atoms with E-state index in [1.807, 2.05) is 0 Å². The minimum Gasteiger partial charge on any atom is -0.380 e. The first-order chi connectivity index (χ1) is 7.99. The van der Waals surface area contributed by atoms with E-state index in [0.717, 1.165) is 0 Å². The van der Waals surface area contributed by atoms with Crippen LogP contribution in [0.2, 0.25) is 0 Å². The second-order valence-electron chi connectivity index (χ2n) is 3.86. The summed E-state index contributed by atoms with van der Waals surface area (Å²) >= 11 is 3.17. The highest BCUT2D eigenvalue weighted by Crippen LogP contribution is 2.22. The van der Waals surface area contributed by atoms with Gasteiger partial charge in [-0.05, 0) is 34.5 Å². The number of nitrogens with zero attached hydrogens (tertiary/aromatic N) is 1. The Hall–Kier alpha value is -0.530. The molecule has 0 N–H and O–H groups in total. The Morgan fingerprint density at radius 1 is 1.53 bits per heavy atom. The van der Waals surface area contributed by atoms with Gasteiger partial charge >= 0.3 is 0 Å². The van der Waals surface area contributed by atoms with Crippen molar-refractivity contribution in [2.24, 2.45) is 0 Å². The lowest BCUT2D eigenvalue weighted by atomic mass is 10.4. The Morgan fingerprint density at radius 2 is 2.29 bits per heavy atom. The van der Waals surface area contributed by atoms with Gasteiger partial charge in [-0.15, -0.1) is 0 Å².